The molecule has 0 atom stereocenters. The summed E-state index contributed by atoms with van der Waals surface area (Å²) in [5.74, 6) is -0.277. The van der Waals surface area contributed by atoms with Crippen molar-refractivity contribution in [2.24, 2.45) is 0 Å². The van der Waals surface area contributed by atoms with E-state index in [1.807, 2.05) is 32.0 Å². The molecule has 1 amide bonds. The topological polar surface area (TPSA) is 54.0 Å². The maximum Gasteiger partial charge on any atom is 0.274 e. The summed E-state index contributed by atoms with van der Waals surface area (Å²) in [6, 6.07) is 7.34. The lowest BCUT2D eigenvalue weighted by molar-refractivity contribution is 0.102. The molecule has 1 heterocycles. The van der Waals surface area contributed by atoms with Gasteiger partial charge in [0.2, 0.25) is 0 Å². The Labute approximate surface area is 142 Å². The number of amides is 1. The minimum atomic E-state index is -0.277. The number of aromatic nitrogens is 1. The van der Waals surface area contributed by atoms with E-state index in [9.17, 15) is 4.79 Å². The van der Waals surface area contributed by atoms with Gasteiger partial charge in [-0.3, -0.25) is 4.79 Å². The number of hydrogen-bond donors (Lipinski definition) is 2. The summed E-state index contributed by atoms with van der Waals surface area (Å²) in [6.45, 7) is 10.1. The van der Waals surface area contributed by atoms with Gasteiger partial charge in [-0.15, -0.1) is 0 Å². The molecule has 1 aromatic carbocycles. The molecule has 0 saturated carbocycles. The normalized spacial score (nSPS) is 11.2. The van der Waals surface area contributed by atoms with Crippen LogP contribution in [0, 0.1) is 13.8 Å². The van der Waals surface area contributed by atoms with Crippen LogP contribution in [-0.4, -0.2) is 16.4 Å². The third kappa shape index (κ3) is 4.70. The Kier molecular flexibility index (Phi) is 4.95. The van der Waals surface area contributed by atoms with Crippen LogP contribution in [0.3, 0.4) is 0 Å². The van der Waals surface area contributed by atoms with E-state index >= 15 is 0 Å². The van der Waals surface area contributed by atoms with Crippen LogP contribution in [0.15, 0.2) is 30.5 Å². The highest BCUT2D eigenvalue weighted by atomic mass is 35.5. The van der Waals surface area contributed by atoms with E-state index in [-0.39, 0.29) is 11.4 Å². The number of nitrogens with one attached hydrogen (secondary N) is 2. The van der Waals surface area contributed by atoms with Gasteiger partial charge in [-0.05, 0) is 63.9 Å². The van der Waals surface area contributed by atoms with Crippen molar-refractivity contribution in [3.63, 3.8) is 0 Å². The lowest BCUT2D eigenvalue weighted by Crippen LogP contribution is -2.26. The summed E-state index contributed by atoms with van der Waals surface area (Å²) >= 11 is 6.22. The number of aryl methyl sites for hydroxylation is 2. The summed E-state index contributed by atoms with van der Waals surface area (Å²) < 4.78 is 0. The van der Waals surface area contributed by atoms with Crippen LogP contribution in [-0.2, 0) is 0 Å². The molecule has 122 valence electrons. The van der Waals surface area contributed by atoms with Crippen molar-refractivity contribution in [1.29, 1.82) is 0 Å². The molecule has 0 saturated heterocycles. The number of halogens is 1. The molecular weight excluding hydrogens is 310 g/mol. The Morgan fingerprint density at radius 2 is 1.87 bits per heavy atom. The first-order valence-electron chi connectivity index (χ1n) is 7.48. The highest BCUT2D eigenvalue weighted by Crippen LogP contribution is 2.27. The molecule has 0 fully saturated rings. The van der Waals surface area contributed by atoms with E-state index in [1.165, 1.54) is 0 Å². The van der Waals surface area contributed by atoms with Gasteiger partial charge in [0.1, 0.15) is 5.69 Å². The Morgan fingerprint density at radius 3 is 2.39 bits per heavy atom. The van der Waals surface area contributed by atoms with Crippen LogP contribution in [0.1, 0.15) is 42.4 Å². The number of hydrogen-bond acceptors (Lipinski definition) is 3. The zero-order valence-corrected chi connectivity index (χ0v) is 14.9. The van der Waals surface area contributed by atoms with Crippen LogP contribution >= 0.6 is 11.6 Å². The Balaban J connectivity index is 2.16. The Morgan fingerprint density at radius 1 is 1.17 bits per heavy atom. The van der Waals surface area contributed by atoms with Gasteiger partial charge in [0.15, 0.2) is 0 Å². The number of pyridine rings is 1. The number of nitrogens with zero attached hydrogens (tertiary/aromatic N) is 1. The van der Waals surface area contributed by atoms with Gasteiger partial charge < -0.3 is 10.6 Å². The van der Waals surface area contributed by atoms with E-state index < -0.39 is 0 Å². The van der Waals surface area contributed by atoms with Crippen LogP contribution in [0.5, 0.6) is 0 Å². The first-order chi connectivity index (χ1) is 10.7. The molecule has 2 rings (SSSR count). The second kappa shape index (κ2) is 6.59. The Hall–Kier alpha value is -2.07. The second-order valence-corrected chi connectivity index (χ2v) is 7.11. The molecule has 0 aliphatic heterocycles. The van der Waals surface area contributed by atoms with Crippen molar-refractivity contribution in [1.82, 2.24) is 4.98 Å². The van der Waals surface area contributed by atoms with Crippen LogP contribution in [0.25, 0.3) is 0 Å². The minimum absolute atomic E-state index is 0.0575. The van der Waals surface area contributed by atoms with Gasteiger partial charge in [-0.2, -0.15) is 0 Å². The largest absolute Gasteiger partial charge is 0.379 e. The molecule has 0 aliphatic rings. The van der Waals surface area contributed by atoms with Crippen LogP contribution in [0.2, 0.25) is 5.02 Å². The first-order valence-corrected chi connectivity index (χ1v) is 7.86. The van der Waals surface area contributed by atoms with Gasteiger partial charge in [-0.1, -0.05) is 17.7 Å². The average molecular weight is 332 g/mol. The minimum Gasteiger partial charge on any atom is -0.379 e. The molecule has 0 bridgehead atoms. The fourth-order valence-corrected chi connectivity index (χ4v) is 2.66. The maximum absolute atomic E-state index is 12.3. The van der Waals surface area contributed by atoms with Crippen molar-refractivity contribution in [2.45, 2.75) is 40.2 Å². The molecule has 2 aromatic rings. The molecule has 0 unspecified atom stereocenters. The first kappa shape index (κ1) is 17.3. The monoisotopic (exact) mass is 331 g/mol. The second-order valence-electron chi connectivity index (χ2n) is 6.70. The molecule has 0 spiro atoms. The molecule has 23 heavy (non-hydrogen) atoms. The third-order valence-electron chi connectivity index (χ3n) is 3.19. The van der Waals surface area contributed by atoms with E-state index in [4.69, 9.17) is 11.6 Å². The van der Waals surface area contributed by atoms with E-state index in [1.54, 1.807) is 12.3 Å². The van der Waals surface area contributed by atoms with Gasteiger partial charge in [-0.25, -0.2) is 4.98 Å². The zero-order valence-electron chi connectivity index (χ0n) is 14.1. The third-order valence-corrected chi connectivity index (χ3v) is 3.48. The summed E-state index contributed by atoms with van der Waals surface area (Å²) in [5.41, 5.74) is 3.77. The molecule has 1 aromatic heterocycles. The molecule has 0 aliphatic carbocycles. The van der Waals surface area contributed by atoms with Crippen molar-refractivity contribution < 1.29 is 4.79 Å². The van der Waals surface area contributed by atoms with E-state index in [0.29, 0.717) is 16.4 Å². The zero-order chi connectivity index (χ0) is 17.2. The molecular formula is C18H22ClN3O. The lowest BCUT2D eigenvalue weighted by atomic mass is 10.1. The predicted molar refractivity (Wildman–Crippen MR) is 96.5 cm³/mol. The predicted octanol–water partition coefficient (Wildman–Crippen LogP) is 4.81. The van der Waals surface area contributed by atoms with Gasteiger partial charge in [0.25, 0.3) is 5.91 Å². The quantitative estimate of drug-likeness (QED) is 0.848. The Bertz CT molecular complexity index is 695. The van der Waals surface area contributed by atoms with E-state index in [2.05, 4.69) is 36.4 Å². The lowest BCUT2D eigenvalue weighted by Gasteiger charge is -2.21. The SMILES string of the molecule is Cc1cc(C)c(NC(=O)c2ccc(NC(C)(C)C)cn2)c(Cl)c1. The van der Waals surface area contributed by atoms with E-state index in [0.717, 1.165) is 16.8 Å². The molecule has 0 radical (unpaired) electrons. The number of anilines is 2. The van der Waals surface area contributed by atoms with Gasteiger partial charge >= 0.3 is 0 Å². The summed E-state index contributed by atoms with van der Waals surface area (Å²) in [7, 11) is 0. The van der Waals surface area contributed by atoms with Crippen LogP contribution < -0.4 is 10.6 Å². The number of benzene rings is 1. The standard InChI is InChI=1S/C18H22ClN3O/c1-11-8-12(2)16(14(19)9-11)21-17(23)15-7-6-13(10-20-15)22-18(3,4)5/h6-10,22H,1-5H3,(H,21,23). The molecule has 5 heteroatoms. The van der Waals surface area contributed by atoms with Crippen molar-refractivity contribution in [3.05, 3.63) is 52.3 Å². The fraction of sp³-hybridized carbons (Fsp3) is 0.333. The average Bonchev–Trinajstić information content (AvgIpc) is 2.41. The molecule has 2 N–H and O–H groups in total. The van der Waals surface area contributed by atoms with Crippen molar-refractivity contribution in [3.8, 4) is 0 Å². The van der Waals surface area contributed by atoms with Crippen LogP contribution in [0.4, 0.5) is 11.4 Å². The summed E-state index contributed by atoms with van der Waals surface area (Å²) in [5, 5.41) is 6.67. The number of rotatable bonds is 3. The van der Waals surface area contributed by atoms with Crippen molar-refractivity contribution in [2.75, 3.05) is 10.6 Å². The molecule has 4 nitrogen and oxygen atoms in total. The smallest absolute Gasteiger partial charge is 0.274 e. The fourth-order valence-electron chi connectivity index (χ4n) is 2.29. The number of carbonyl (C=O) groups excluding carboxylic acids is 1. The van der Waals surface area contributed by atoms with Gasteiger partial charge in [0, 0.05) is 5.54 Å². The maximum atomic E-state index is 12.3. The summed E-state index contributed by atoms with van der Waals surface area (Å²) in [6.07, 6.45) is 1.66. The summed E-state index contributed by atoms with van der Waals surface area (Å²) in [4.78, 5) is 16.6. The highest BCUT2D eigenvalue weighted by Gasteiger charge is 2.14. The van der Waals surface area contributed by atoms with Gasteiger partial charge in [0.05, 0.1) is 22.6 Å². The highest BCUT2D eigenvalue weighted by molar-refractivity contribution is 6.34. The van der Waals surface area contributed by atoms with Crippen molar-refractivity contribution >= 4 is 28.9 Å². The number of carbonyl (C=O) groups is 1.